The second-order valence-corrected chi connectivity index (χ2v) is 11.9. The van der Waals surface area contributed by atoms with Crippen LogP contribution in [0.15, 0.2) is 35.2 Å². The van der Waals surface area contributed by atoms with Crippen LogP contribution in [0.25, 0.3) is 0 Å². The minimum absolute atomic E-state index is 0.0903. The van der Waals surface area contributed by atoms with E-state index >= 15 is 0 Å². The Kier molecular flexibility index (Phi) is 4.02. The number of Topliss-reactive ketones (excluding diaryl/α,β-unsaturated/α-hetero) is 1. The fraction of sp³-hybridized carbons (Fsp3) is 0.654. The van der Waals surface area contributed by atoms with Gasteiger partial charge >= 0.3 is 11.9 Å². The Hall–Kier alpha value is -2.45. The van der Waals surface area contributed by atoms with Crippen molar-refractivity contribution in [3.63, 3.8) is 0 Å². The SMILES string of the molecule is CC1(C)OC(=O)C=C[C@]2(C)[C@H]1CC(=O)[C@]1(C)[C@H]2[C@@H](O)C[C@@]2(C)[C@H](c3ccoc3)OC(=O)[C@H]3O[C@@]321. The normalized spacial score (nSPS) is 50.6. The number of hydrogen-bond donors (Lipinski definition) is 1. The van der Waals surface area contributed by atoms with Crippen molar-refractivity contribution >= 4 is 17.7 Å². The summed E-state index contributed by atoms with van der Waals surface area (Å²) in [6.45, 7) is 9.39. The number of rotatable bonds is 1. The molecule has 1 N–H and O–H groups in total. The highest BCUT2D eigenvalue weighted by Gasteiger charge is 2.89. The van der Waals surface area contributed by atoms with Crippen molar-refractivity contribution < 1.29 is 38.1 Å². The Morgan fingerprint density at radius 3 is 2.47 bits per heavy atom. The van der Waals surface area contributed by atoms with Gasteiger partial charge in [-0.25, -0.2) is 9.59 Å². The molecule has 1 aromatic heterocycles. The molecule has 2 aliphatic carbocycles. The maximum Gasteiger partial charge on any atom is 0.339 e. The number of aliphatic hydroxyl groups excluding tert-OH is 1. The van der Waals surface area contributed by atoms with E-state index in [0.29, 0.717) is 5.56 Å². The van der Waals surface area contributed by atoms with Crippen molar-refractivity contribution in [3.8, 4) is 0 Å². The third kappa shape index (κ3) is 2.25. The summed E-state index contributed by atoms with van der Waals surface area (Å²) < 4.78 is 23.1. The number of allylic oxidation sites excluding steroid dienone is 1. The van der Waals surface area contributed by atoms with Gasteiger partial charge in [0.2, 0.25) is 0 Å². The Morgan fingerprint density at radius 2 is 1.79 bits per heavy atom. The molecule has 0 amide bonds. The van der Waals surface area contributed by atoms with Gasteiger partial charge in [-0.05, 0) is 38.7 Å². The molecule has 4 fully saturated rings. The average molecular weight is 471 g/mol. The van der Waals surface area contributed by atoms with E-state index in [0.717, 1.165) is 0 Å². The van der Waals surface area contributed by atoms with E-state index in [1.54, 1.807) is 12.1 Å². The van der Waals surface area contributed by atoms with Gasteiger partial charge in [-0.2, -0.15) is 0 Å². The molecule has 34 heavy (non-hydrogen) atoms. The van der Waals surface area contributed by atoms with Crippen LogP contribution in [0.1, 0.15) is 59.1 Å². The summed E-state index contributed by atoms with van der Waals surface area (Å²) in [6.07, 6.45) is 4.12. The lowest BCUT2D eigenvalue weighted by Gasteiger charge is -2.66. The van der Waals surface area contributed by atoms with E-state index in [2.05, 4.69) is 0 Å². The molecule has 5 aliphatic rings. The standard InChI is InChI=1S/C26H30O8/c1-22(2)15-10-16(28)25(5)18(23(15,3)8-6-17(29)33-22)14(27)11-24(4)19(13-7-9-31-12-13)32-21(30)20-26(24,25)34-20/h6-9,12,14-15,18-20,27H,10-11H2,1-5H3/t14-,15-,18-,19-,20+,23+,24-,25+,26-/m0/s1. The number of carbonyl (C=O) groups is 3. The second kappa shape index (κ2) is 6.21. The number of epoxide rings is 1. The molecule has 0 aromatic carbocycles. The topological polar surface area (TPSA) is 116 Å². The molecular formula is C26H30O8. The van der Waals surface area contributed by atoms with Crippen LogP contribution in [-0.2, 0) is 28.6 Å². The van der Waals surface area contributed by atoms with Crippen LogP contribution >= 0.6 is 0 Å². The van der Waals surface area contributed by atoms with Gasteiger partial charge in [0.15, 0.2) is 6.10 Å². The number of esters is 2. The highest BCUT2D eigenvalue weighted by Crippen LogP contribution is 2.78. The molecule has 9 atom stereocenters. The molecule has 6 rings (SSSR count). The van der Waals surface area contributed by atoms with Gasteiger partial charge in [-0.15, -0.1) is 0 Å². The van der Waals surface area contributed by atoms with Gasteiger partial charge in [0.25, 0.3) is 0 Å². The molecule has 0 radical (unpaired) electrons. The monoisotopic (exact) mass is 470 g/mol. The summed E-state index contributed by atoms with van der Waals surface area (Å²) in [4.78, 5) is 39.7. The first-order valence-corrected chi connectivity index (χ1v) is 11.9. The largest absolute Gasteiger partial charge is 0.472 e. The molecule has 1 aromatic rings. The number of fused-ring (bicyclic) bond motifs is 3. The summed E-state index contributed by atoms with van der Waals surface area (Å²) in [6, 6.07) is 1.74. The van der Waals surface area contributed by atoms with E-state index in [9.17, 15) is 19.5 Å². The molecule has 0 unspecified atom stereocenters. The van der Waals surface area contributed by atoms with Crippen molar-refractivity contribution in [2.75, 3.05) is 0 Å². The van der Waals surface area contributed by atoms with Crippen molar-refractivity contribution in [1.29, 1.82) is 0 Å². The molecule has 3 aliphatic heterocycles. The van der Waals surface area contributed by atoms with Crippen LogP contribution in [0.2, 0.25) is 0 Å². The van der Waals surface area contributed by atoms with Gasteiger partial charge in [0.05, 0.1) is 24.0 Å². The van der Waals surface area contributed by atoms with Crippen molar-refractivity contribution in [2.24, 2.45) is 28.1 Å². The third-order valence-corrected chi connectivity index (χ3v) is 9.92. The van der Waals surface area contributed by atoms with Crippen LogP contribution < -0.4 is 0 Å². The molecule has 2 saturated heterocycles. The maximum atomic E-state index is 14.2. The first-order valence-electron chi connectivity index (χ1n) is 11.9. The number of hydrogen-bond acceptors (Lipinski definition) is 8. The van der Waals surface area contributed by atoms with Gasteiger partial charge < -0.3 is 23.7 Å². The number of aliphatic hydroxyl groups is 1. The number of carbonyl (C=O) groups excluding carboxylic acids is 3. The number of ketones is 1. The first-order chi connectivity index (χ1) is 15.8. The van der Waals surface area contributed by atoms with Crippen LogP contribution in [0.5, 0.6) is 0 Å². The summed E-state index contributed by atoms with van der Waals surface area (Å²) in [5.41, 5.74) is -4.20. The highest BCUT2D eigenvalue weighted by atomic mass is 16.7. The molecule has 182 valence electrons. The van der Waals surface area contributed by atoms with Crippen molar-refractivity contribution in [1.82, 2.24) is 0 Å². The van der Waals surface area contributed by atoms with Crippen molar-refractivity contribution in [3.05, 3.63) is 36.3 Å². The zero-order chi connectivity index (χ0) is 24.5. The van der Waals surface area contributed by atoms with Gasteiger partial charge in [-0.1, -0.05) is 19.9 Å². The van der Waals surface area contributed by atoms with Crippen LogP contribution in [0.4, 0.5) is 0 Å². The predicted octanol–water partition coefficient (Wildman–Crippen LogP) is 2.90. The lowest BCUT2D eigenvalue weighted by Crippen LogP contribution is -2.74. The van der Waals surface area contributed by atoms with E-state index in [4.69, 9.17) is 18.6 Å². The zero-order valence-electron chi connectivity index (χ0n) is 20.0. The predicted molar refractivity (Wildman–Crippen MR) is 116 cm³/mol. The van der Waals surface area contributed by atoms with Crippen LogP contribution in [-0.4, -0.2) is 46.2 Å². The summed E-state index contributed by atoms with van der Waals surface area (Å²) in [5.74, 6) is -2.00. The lowest BCUT2D eigenvalue weighted by molar-refractivity contribution is -0.239. The smallest absolute Gasteiger partial charge is 0.339 e. The fourth-order valence-corrected chi connectivity index (χ4v) is 8.66. The Bertz CT molecular complexity index is 1140. The third-order valence-electron chi connectivity index (χ3n) is 9.92. The fourth-order valence-electron chi connectivity index (χ4n) is 8.66. The molecule has 8 nitrogen and oxygen atoms in total. The zero-order valence-corrected chi connectivity index (χ0v) is 20.0. The van der Waals surface area contributed by atoms with Crippen LogP contribution in [0.3, 0.4) is 0 Å². The Morgan fingerprint density at radius 1 is 1.06 bits per heavy atom. The first kappa shape index (κ1) is 22.0. The van der Waals surface area contributed by atoms with Gasteiger partial charge in [0.1, 0.15) is 23.1 Å². The quantitative estimate of drug-likeness (QED) is 0.492. The van der Waals surface area contributed by atoms with Crippen molar-refractivity contribution in [2.45, 2.75) is 77.0 Å². The van der Waals surface area contributed by atoms with E-state index in [1.165, 1.54) is 18.6 Å². The van der Waals surface area contributed by atoms with E-state index in [1.807, 2.05) is 34.6 Å². The maximum absolute atomic E-state index is 14.2. The molecule has 0 bridgehead atoms. The minimum Gasteiger partial charge on any atom is -0.472 e. The van der Waals surface area contributed by atoms with Gasteiger partial charge in [0, 0.05) is 35.3 Å². The summed E-state index contributed by atoms with van der Waals surface area (Å²) in [5, 5.41) is 11.8. The summed E-state index contributed by atoms with van der Waals surface area (Å²) in [7, 11) is 0. The Labute approximate surface area is 197 Å². The van der Waals surface area contributed by atoms with E-state index in [-0.39, 0.29) is 24.5 Å². The molecule has 2 saturated carbocycles. The number of cyclic esters (lactones) is 2. The number of furan rings is 1. The summed E-state index contributed by atoms with van der Waals surface area (Å²) >= 11 is 0. The minimum atomic E-state index is -1.19. The van der Waals surface area contributed by atoms with Gasteiger partial charge in [-0.3, -0.25) is 4.79 Å². The number of ether oxygens (including phenoxy) is 3. The average Bonchev–Trinajstić information content (AvgIpc) is 3.34. The second-order valence-electron chi connectivity index (χ2n) is 11.9. The highest BCUT2D eigenvalue weighted by molar-refractivity contribution is 5.93. The van der Waals surface area contributed by atoms with E-state index < -0.39 is 63.6 Å². The Balaban J connectivity index is 1.56. The molecular weight excluding hydrogens is 440 g/mol. The molecule has 1 spiro atoms. The molecule has 8 heteroatoms. The lowest BCUT2D eigenvalue weighted by atomic mass is 9.37. The van der Waals surface area contributed by atoms with Crippen LogP contribution in [0, 0.1) is 28.1 Å². The molecule has 4 heterocycles.